The monoisotopic (exact) mass is 464 g/mol. The summed E-state index contributed by atoms with van der Waals surface area (Å²) in [5, 5.41) is 19.1. The number of hydrogen-bond donors (Lipinski definition) is 1. The Balaban J connectivity index is 0.000000628. The molecule has 2 heterocycles. The van der Waals surface area contributed by atoms with Crippen molar-refractivity contribution >= 4 is 28.9 Å². The lowest BCUT2D eigenvalue weighted by atomic mass is 9.95. The maximum Gasteiger partial charge on any atom is 0.291 e. The summed E-state index contributed by atoms with van der Waals surface area (Å²) in [5.74, 6) is 0.790. The van der Waals surface area contributed by atoms with E-state index in [-0.39, 0.29) is 18.8 Å². The van der Waals surface area contributed by atoms with Crippen LogP contribution >= 0.6 is 23.2 Å². The minimum absolute atomic E-state index is 0.124. The van der Waals surface area contributed by atoms with Crippen molar-refractivity contribution in [2.75, 3.05) is 0 Å². The molecule has 2 atom stereocenters. The summed E-state index contributed by atoms with van der Waals surface area (Å²) >= 11 is 12.0. The number of aromatic nitrogens is 2. The normalized spacial score (nSPS) is 18.4. The molecule has 162 valence electrons. The fraction of sp³-hybridized carbons (Fsp3) is 0.200. The quantitative estimate of drug-likeness (QED) is 0.438. The van der Waals surface area contributed by atoms with E-state index in [1.54, 1.807) is 24.7 Å². The molecule has 9 nitrogen and oxygen atoms in total. The Morgan fingerprint density at radius 3 is 2.71 bits per heavy atom. The van der Waals surface area contributed by atoms with E-state index in [0.29, 0.717) is 10.0 Å². The molecular formula is C20H18Cl2N4O5. The largest absolute Gasteiger partial charge is 0.487 e. The average molecular weight is 465 g/mol. The summed E-state index contributed by atoms with van der Waals surface area (Å²) in [4.78, 5) is 18.2. The second kappa shape index (κ2) is 10.1. The Morgan fingerprint density at radius 2 is 2.03 bits per heavy atom. The highest BCUT2D eigenvalue weighted by atomic mass is 35.5. The van der Waals surface area contributed by atoms with E-state index in [9.17, 15) is 0 Å². The summed E-state index contributed by atoms with van der Waals surface area (Å²) < 4.78 is 8.05. The van der Waals surface area contributed by atoms with E-state index in [1.807, 2.05) is 48.0 Å². The molecule has 0 amide bonds. The SMILES string of the molecule is CC1Oc2ccccc2/C(=N/OCc2ccc(Cl)c(Cl)c2)C1n1ccnc1.O=[N+]([O-])O. The van der Waals surface area contributed by atoms with Gasteiger partial charge in [0.1, 0.15) is 30.2 Å². The highest BCUT2D eigenvalue weighted by Crippen LogP contribution is 2.34. The van der Waals surface area contributed by atoms with Gasteiger partial charge in [0.05, 0.1) is 16.4 Å². The number of ether oxygens (including phenoxy) is 1. The maximum atomic E-state index is 8.36. The number of para-hydroxylation sites is 1. The molecule has 0 bridgehead atoms. The highest BCUT2D eigenvalue weighted by Gasteiger charge is 2.34. The molecule has 2 unspecified atom stereocenters. The van der Waals surface area contributed by atoms with Gasteiger partial charge < -0.3 is 19.3 Å². The van der Waals surface area contributed by atoms with Crippen molar-refractivity contribution in [2.45, 2.75) is 25.7 Å². The van der Waals surface area contributed by atoms with Gasteiger partial charge in [0.2, 0.25) is 0 Å². The first kappa shape index (κ1) is 22.4. The molecule has 1 N–H and O–H groups in total. The molecule has 0 saturated carbocycles. The number of imidazole rings is 1. The zero-order valence-corrected chi connectivity index (χ0v) is 17.8. The Labute approximate surface area is 187 Å². The third-order valence-corrected chi connectivity index (χ3v) is 5.16. The highest BCUT2D eigenvalue weighted by molar-refractivity contribution is 6.42. The van der Waals surface area contributed by atoms with Gasteiger partial charge >= 0.3 is 0 Å². The Bertz CT molecular complexity index is 1070. The number of nitrogens with zero attached hydrogens (tertiary/aromatic N) is 4. The number of hydrogen-bond acceptors (Lipinski definition) is 6. The predicted molar refractivity (Wildman–Crippen MR) is 114 cm³/mol. The maximum absolute atomic E-state index is 8.36. The molecule has 1 aliphatic rings. The fourth-order valence-electron chi connectivity index (χ4n) is 3.15. The minimum Gasteiger partial charge on any atom is -0.487 e. The molecule has 0 fully saturated rings. The van der Waals surface area contributed by atoms with Crippen LogP contribution in [0.3, 0.4) is 0 Å². The van der Waals surface area contributed by atoms with Crippen LogP contribution in [0.2, 0.25) is 10.0 Å². The van der Waals surface area contributed by atoms with Gasteiger partial charge in [-0.05, 0) is 36.8 Å². The van der Waals surface area contributed by atoms with E-state index < -0.39 is 5.09 Å². The molecule has 0 radical (unpaired) electrons. The molecule has 4 rings (SSSR count). The second-order valence-electron chi connectivity index (χ2n) is 6.51. The molecule has 0 saturated heterocycles. The van der Waals surface area contributed by atoms with Crippen molar-refractivity contribution in [2.24, 2.45) is 5.16 Å². The van der Waals surface area contributed by atoms with Crippen LogP contribution < -0.4 is 4.74 Å². The topological polar surface area (TPSA) is 112 Å². The van der Waals surface area contributed by atoms with E-state index in [2.05, 4.69) is 10.1 Å². The Kier molecular flexibility index (Phi) is 7.32. The van der Waals surface area contributed by atoms with Crippen molar-refractivity contribution in [3.63, 3.8) is 0 Å². The molecular weight excluding hydrogens is 447 g/mol. The fourth-order valence-corrected chi connectivity index (χ4v) is 3.47. The van der Waals surface area contributed by atoms with Crippen LogP contribution in [-0.4, -0.2) is 31.7 Å². The van der Waals surface area contributed by atoms with Crippen LogP contribution in [0.15, 0.2) is 66.3 Å². The third-order valence-electron chi connectivity index (χ3n) is 4.42. The van der Waals surface area contributed by atoms with Crippen molar-refractivity contribution < 1.29 is 19.9 Å². The Hall–Kier alpha value is -3.30. The van der Waals surface area contributed by atoms with Crippen LogP contribution in [0.5, 0.6) is 5.75 Å². The standard InChI is InChI=1S/C20H17Cl2N3O2.HNO3/c1-13-20(25-9-8-23-12-25)19(15-4-2-3-5-18(15)27-13)24-26-11-14-6-7-16(21)17(22)10-14;2-1(3)4/h2-10,12-13,20H,11H2,1H3;(H,2,3,4)/b24-19-;. The van der Waals surface area contributed by atoms with Gasteiger partial charge in [0.25, 0.3) is 5.09 Å². The molecule has 0 aliphatic carbocycles. The summed E-state index contributed by atoms with van der Waals surface area (Å²) in [6, 6.07) is 13.1. The minimum atomic E-state index is -1.50. The van der Waals surface area contributed by atoms with E-state index in [4.69, 9.17) is 48.1 Å². The van der Waals surface area contributed by atoms with Crippen LogP contribution in [0, 0.1) is 10.1 Å². The lowest BCUT2D eigenvalue weighted by Gasteiger charge is -2.33. The van der Waals surface area contributed by atoms with Crippen molar-refractivity contribution in [3.05, 3.63) is 92.5 Å². The molecule has 1 aromatic heterocycles. The molecule has 1 aliphatic heterocycles. The van der Waals surface area contributed by atoms with Gasteiger partial charge in [-0.15, -0.1) is 10.1 Å². The first-order chi connectivity index (χ1) is 14.9. The summed E-state index contributed by atoms with van der Waals surface area (Å²) in [6.07, 6.45) is 5.27. The lowest BCUT2D eigenvalue weighted by Crippen LogP contribution is -2.37. The van der Waals surface area contributed by atoms with Crippen LogP contribution in [-0.2, 0) is 11.4 Å². The van der Waals surface area contributed by atoms with Gasteiger partial charge in [-0.2, -0.15) is 0 Å². The Morgan fingerprint density at radius 1 is 1.29 bits per heavy atom. The van der Waals surface area contributed by atoms with Crippen molar-refractivity contribution in [3.8, 4) is 5.75 Å². The van der Waals surface area contributed by atoms with Crippen molar-refractivity contribution in [1.29, 1.82) is 0 Å². The van der Waals surface area contributed by atoms with Gasteiger partial charge in [0, 0.05) is 18.0 Å². The zero-order valence-electron chi connectivity index (χ0n) is 16.3. The van der Waals surface area contributed by atoms with Crippen molar-refractivity contribution in [1.82, 2.24) is 9.55 Å². The summed E-state index contributed by atoms with van der Waals surface area (Å²) in [7, 11) is 0. The molecule has 31 heavy (non-hydrogen) atoms. The summed E-state index contributed by atoms with van der Waals surface area (Å²) in [6.45, 7) is 2.30. The number of benzene rings is 2. The molecule has 11 heteroatoms. The van der Waals surface area contributed by atoms with E-state index in [1.165, 1.54) is 0 Å². The van der Waals surface area contributed by atoms with Crippen LogP contribution in [0.25, 0.3) is 0 Å². The third kappa shape index (κ3) is 5.65. The number of rotatable bonds is 4. The van der Waals surface area contributed by atoms with Crippen LogP contribution in [0.4, 0.5) is 0 Å². The zero-order chi connectivity index (χ0) is 22.4. The first-order valence-electron chi connectivity index (χ1n) is 9.07. The van der Waals surface area contributed by atoms with Gasteiger partial charge in [-0.1, -0.05) is 46.6 Å². The average Bonchev–Trinajstić information content (AvgIpc) is 3.24. The smallest absolute Gasteiger partial charge is 0.291 e. The van der Waals surface area contributed by atoms with E-state index in [0.717, 1.165) is 22.6 Å². The molecule has 2 aromatic carbocycles. The predicted octanol–water partition coefficient (Wildman–Crippen LogP) is 4.79. The van der Waals surface area contributed by atoms with Gasteiger partial charge in [-0.25, -0.2) is 4.98 Å². The molecule has 3 aromatic rings. The second-order valence-corrected chi connectivity index (χ2v) is 7.32. The first-order valence-corrected chi connectivity index (χ1v) is 9.83. The van der Waals surface area contributed by atoms with E-state index >= 15 is 0 Å². The van der Waals surface area contributed by atoms with Gasteiger partial charge in [0.15, 0.2) is 0 Å². The van der Waals surface area contributed by atoms with Gasteiger partial charge in [-0.3, -0.25) is 0 Å². The van der Waals surface area contributed by atoms with Crippen LogP contribution in [0.1, 0.15) is 24.1 Å². The summed E-state index contributed by atoms with van der Waals surface area (Å²) in [5.41, 5.74) is 2.59. The lowest BCUT2D eigenvalue weighted by molar-refractivity contribution is -0.742. The number of halogens is 2. The molecule has 0 spiro atoms. The number of fused-ring (bicyclic) bond motifs is 1. The number of oxime groups is 1.